The van der Waals surface area contributed by atoms with Crippen LogP contribution in [0, 0.1) is 17.5 Å². The number of carbonyl (C=O) groups excluding carboxylic acids is 1. The Kier molecular flexibility index (Phi) is 7.95. The van der Waals surface area contributed by atoms with Crippen LogP contribution in [-0.2, 0) is 25.6 Å². The first-order valence-electron chi connectivity index (χ1n) is 10.2. The summed E-state index contributed by atoms with van der Waals surface area (Å²) >= 11 is 0.825. The van der Waals surface area contributed by atoms with Gasteiger partial charge in [0.25, 0.3) is 0 Å². The summed E-state index contributed by atoms with van der Waals surface area (Å²) in [5.74, 6) is -2.86. The lowest BCUT2D eigenvalue weighted by molar-refractivity contribution is -0.140. The zero-order valence-electron chi connectivity index (χ0n) is 18.2. The average Bonchev–Trinajstić information content (AvgIpc) is 3.41. The number of rotatable bonds is 4. The summed E-state index contributed by atoms with van der Waals surface area (Å²) in [6, 6.07) is 1.29. The first kappa shape index (κ1) is 26.3. The van der Waals surface area contributed by atoms with Crippen molar-refractivity contribution < 1.29 is 31.1 Å². The average molecular weight is 518 g/mol. The monoisotopic (exact) mass is 518 g/mol. The number of anilines is 1. The summed E-state index contributed by atoms with van der Waals surface area (Å²) in [5.41, 5.74) is 3.52. The number of halogens is 6. The van der Waals surface area contributed by atoms with E-state index in [1.54, 1.807) is 0 Å². The van der Waals surface area contributed by atoms with Gasteiger partial charge in [-0.1, -0.05) is 6.07 Å². The second kappa shape index (κ2) is 10.6. The first-order chi connectivity index (χ1) is 16.5. The highest BCUT2D eigenvalue weighted by Gasteiger charge is 2.39. The molecule has 0 bridgehead atoms. The van der Waals surface area contributed by atoms with E-state index in [4.69, 9.17) is 10.9 Å². The standard InChI is InChI=1S/C16H12F5N3O.C5H8FN3S/c17-9-5-4-7(6-10(9)18)12-13(24-15(22)25)8-2-1-3-11(8)23-14(12)16(19,20)21;1-2-9-3-4(6)5(8-9)10-7/h4-6H,1-3H2,(H3,22,23,24,25);3H,2,7H2,1H3. The highest BCUT2D eigenvalue weighted by atomic mass is 32.2. The smallest absolute Gasteiger partial charge is 0.351 e. The van der Waals surface area contributed by atoms with Crippen LogP contribution in [0.4, 0.5) is 36.8 Å². The molecule has 3 aromatic rings. The number of urea groups is 1. The quantitative estimate of drug-likeness (QED) is 0.331. The number of nitrogens with one attached hydrogen (secondary N) is 1. The molecule has 2 aromatic heterocycles. The number of pyridine rings is 1. The molecule has 5 N–H and O–H groups in total. The largest absolute Gasteiger partial charge is 0.434 e. The highest BCUT2D eigenvalue weighted by molar-refractivity contribution is 7.97. The van der Waals surface area contributed by atoms with Crippen molar-refractivity contribution in [1.82, 2.24) is 14.8 Å². The zero-order chi connectivity index (χ0) is 25.9. The maximum absolute atomic E-state index is 13.6. The summed E-state index contributed by atoms with van der Waals surface area (Å²) in [6.07, 6.45) is -2.24. The van der Waals surface area contributed by atoms with Gasteiger partial charge in [-0.15, -0.1) is 0 Å². The molecule has 35 heavy (non-hydrogen) atoms. The molecule has 14 heteroatoms. The summed E-state index contributed by atoms with van der Waals surface area (Å²) in [5, 5.41) is 11.4. The van der Waals surface area contributed by atoms with Crippen LogP contribution in [0.25, 0.3) is 11.1 Å². The van der Waals surface area contributed by atoms with Crippen molar-refractivity contribution in [3.8, 4) is 11.1 Å². The van der Waals surface area contributed by atoms with Crippen LogP contribution in [0.1, 0.15) is 30.3 Å². The number of primary amides is 1. The van der Waals surface area contributed by atoms with Crippen LogP contribution >= 0.6 is 11.9 Å². The summed E-state index contributed by atoms with van der Waals surface area (Å²) in [7, 11) is 0. The van der Waals surface area contributed by atoms with Gasteiger partial charge in [0.15, 0.2) is 28.2 Å². The van der Waals surface area contributed by atoms with E-state index in [-0.39, 0.29) is 27.8 Å². The maximum Gasteiger partial charge on any atom is 0.434 e. The number of benzene rings is 1. The Morgan fingerprint density at radius 3 is 2.40 bits per heavy atom. The molecular formula is C21H20F6N6OS. The van der Waals surface area contributed by atoms with Gasteiger partial charge in [0.2, 0.25) is 0 Å². The predicted octanol–water partition coefficient (Wildman–Crippen LogP) is 5.03. The van der Waals surface area contributed by atoms with E-state index in [0.717, 1.165) is 18.0 Å². The van der Waals surface area contributed by atoms with Gasteiger partial charge in [0, 0.05) is 17.8 Å². The molecule has 1 aliphatic carbocycles. The van der Waals surface area contributed by atoms with Gasteiger partial charge >= 0.3 is 12.2 Å². The minimum absolute atomic E-state index is 0.159. The fraction of sp³-hybridized carbons (Fsp3) is 0.286. The second-order valence-electron chi connectivity index (χ2n) is 7.36. The number of amides is 2. The molecule has 4 rings (SSSR count). The summed E-state index contributed by atoms with van der Waals surface area (Å²) in [4.78, 5) is 15.0. The summed E-state index contributed by atoms with van der Waals surface area (Å²) in [6.45, 7) is 2.55. The maximum atomic E-state index is 13.6. The molecule has 2 heterocycles. The Morgan fingerprint density at radius 2 is 1.89 bits per heavy atom. The Labute approximate surface area is 200 Å². The van der Waals surface area contributed by atoms with E-state index >= 15 is 0 Å². The van der Waals surface area contributed by atoms with Crippen LogP contribution in [0.3, 0.4) is 0 Å². The highest BCUT2D eigenvalue weighted by Crippen LogP contribution is 2.44. The molecule has 1 aliphatic rings. The van der Waals surface area contributed by atoms with E-state index in [9.17, 15) is 31.1 Å². The second-order valence-corrected chi connectivity index (χ2v) is 7.98. The fourth-order valence-electron chi connectivity index (χ4n) is 3.60. The van der Waals surface area contributed by atoms with Crippen molar-refractivity contribution in [3.05, 3.63) is 58.8 Å². The number of hydrogen-bond acceptors (Lipinski definition) is 5. The molecule has 0 atom stereocenters. The van der Waals surface area contributed by atoms with Crippen LogP contribution in [0.5, 0.6) is 0 Å². The Bertz CT molecular complexity index is 1250. The number of nitrogens with zero attached hydrogens (tertiary/aromatic N) is 3. The third-order valence-electron chi connectivity index (χ3n) is 5.07. The molecule has 0 fully saturated rings. The van der Waals surface area contributed by atoms with E-state index in [1.807, 2.05) is 6.92 Å². The van der Waals surface area contributed by atoms with Crippen LogP contribution in [0.15, 0.2) is 29.4 Å². The molecule has 0 unspecified atom stereocenters. The first-order valence-corrected chi connectivity index (χ1v) is 11.1. The van der Waals surface area contributed by atoms with Gasteiger partial charge in [0.1, 0.15) is 0 Å². The number of aromatic nitrogens is 3. The van der Waals surface area contributed by atoms with Crippen molar-refractivity contribution in [2.24, 2.45) is 10.9 Å². The van der Waals surface area contributed by atoms with Gasteiger partial charge in [0.05, 0.1) is 11.9 Å². The van der Waals surface area contributed by atoms with Crippen molar-refractivity contribution in [2.75, 3.05) is 5.32 Å². The van der Waals surface area contributed by atoms with Crippen molar-refractivity contribution in [3.63, 3.8) is 0 Å². The van der Waals surface area contributed by atoms with Crippen LogP contribution in [0.2, 0.25) is 0 Å². The van der Waals surface area contributed by atoms with Crippen LogP contribution < -0.4 is 16.2 Å². The number of aryl methyl sites for hydroxylation is 2. The lowest BCUT2D eigenvalue weighted by Gasteiger charge is -2.20. The molecule has 1 aromatic carbocycles. The topological polar surface area (TPSA) is 112 Å². The molecule has 188 valence electrons. The van der Waals surface area contributed by atoms with E-state index in [2.05, 4.69) is 15.4 Å². The van der Waals surface area contributed by atoms with Gasteiger partial charge in [-0.2, -0.15) is 18.3 Å². The minimum atomic E-state index is -4.86. The summed E-state index contributed by atoms with van der Waals surface area (Å²) < 4.78 is 81.4. The van der Waals surface area contributed by atoms with Crippen molar-refractivity contribution in [2.45, 2.75) is 43.9 Å². The number of fused-ring (bicyclic) bond motifs is 1. The van der Waals surface area contributed by atoms with Crippen molar-refractivity contribution in [1.29, 1.82) is 0 Å². The molecule has 0 saturated heterocycles. The molecule has 0 saturated carbocycles. The third-order valence-corrected chi connectivity index (χ3v) is 5.57. The lowest BCUT2D eigenvalue weighted by atomic mass is 9.97. The molecule has 0 aliphatic heterocycles. The lowest BCUT2D eigenvalue weighted by Crippen LogP contribution is -2.23. The number of alkyl halides is 3. The predicted molar refractivity (Wildman–Crippen MR) is 118 cm³/mol. The molecule has 2 amide bonds. The van der Waals surface area contributed by atoms with Gasteiger partial charge < -0.3 is 11.1 Å². The Balaban J connectivity index is 0.000000287. The number of carbonyl (C=O) groups is 1. The zero-order valence-corrected chi connectivity index (χ0v) is 19.0. The third kappa shape index (κ3) is 5.88. The molecular weight excluding hydrogens is 498 g/mol. The van der Waals surface area contributed by atoms with Crippen molar-refractivity contribution >= 4 is 23.7 Å². The molecule has 0 radical (unpaired) electrons. The molecule has 7 nitrogen and oxygen atoms in total. The Morgan fingerprint density at radius 1 is 1.17 bits per heavy atom. The molecule has 0 spiro atoms. The van der Waals surface area contributed by atoms with E-state index in [1.165, 1.54) is 10.9 Å². The van der Waals surface area contributed by atoms with Gasteiger partial charge in [-0.05, 0) is 61.4 Å². The van der Waals surface area contributed by atoms with E-state index in [0.29, 0.717) is 43.5 Å². The van der Waals surface area contributed by atoms with Gasteiger partial charge in [-0.25, -0.2) is 22.9 Å². The SMILES string of the molecule is CCn1cc(F)c(SN)n1.NC(=O)Nc1c2c(nc(C(F)(F)F)c1-c1ccc(F)c(F)c1)CCC2. The number of nitrogens with two attached hydrogens (primary N) is 2. The van der Waals surface area contributed by atoms with Crippen LogP contribution in [-0.4, -0.2) is 20.8 Å². The minimum Gasteiger partial charge on any atom is -0.351 e. The van der Waals surface area contributed by atoms with Gasteiger partial charge in [-0.3, -0.25) is 9.82 Å². The normalized spacial score (nSPS) is 12.7. The fourth-order valence-corrected chi connectivity index (χ4v) is 3.92. The van der Waals surface area contributed by atoms with E-state index < -0.39 is 35.1 Å². The Hall–Kier alpha value is -3.26. The number of hydrogen-bond donors (Lipinski definition) is 3.